The normalized spacial score (nSPS) is 16.4. The van der Waals surface area contributed by atoms with Gasteiger partial charge in [0.25, 0.3) is 0 Å². The summed E-state index contributed by atoms with van der Waals surface area (Å²) in [6.45, 7) is 5.98. The lowest BCUT2D eigenvalue weighted by molar-refractivity contribution is 0.369. The number of hydrogen-bond donors (Lipinski definition) is 3. The van der Waals surface area contributed by atoms with Gasteiger partial charge in [-0.1, -0.05) is 13.8 Å². The summed E-state index contributed by atoms with van der Waals surface area (Å²) in [6.07, 6.45) is 2.24. The van der Waals surface area contributed by atoms with E-state index >= 15 is 0 Å². The van der Waals surface area contributed by atoms with Gasteiger partial charge in [-0.25, -0.2) is 0 Å². The van der Waals surface area contributed by atoms with Crippen LogP contribution < -0.4 is 16.8 Å². The highest BCUT2D eigenvalue weighted by Gasteiger charge is 2.09. The van der Waals surface area contributed by atoms with Crippen LogP contribution in [0.15, 0.2) is 0 Å². The number of nitrogens with two attached hydrogens (primary N) is 2. The molecule has 3 heteroatoms. The highest BCUT2D eigenvalue weighted by Crippen LogP contribution is 2.01. The Kier molecular flexibility index (Phi) is 6.51. The molecule has 0 bridgehead atoms. The molecule has 0 fully saturated rings. The van der Waals surface area contributed by atoms with E-state index in [9.17, 15) is 0 Å². The molecule has 5 N–H and O–H groups in total. The van der Waals surface area contributed by atoms with Crippen LogP contribution in [0.5, 0.6) is 0 Å². The number of hydrogen-bond acceptors (Lipinski definition) is 3. The topological polar surface area (TPSA) is 64.1 Å². The van der Waals surface area contributed by atoms with Crippen molar-refractivity contribution >= 4 is 0 Å². The zero-order valence-corrected chi connectivity index (χ0v) is 7.64. The monoisotopic (exact) mass is 159 g/mol. The minimum absolute atomic E-state index is 0.110. The molecular formula is C8H21N3. The maximum Gasteiger partial charge on any atom is 0.0573 e. The van der Waals surface area contributed by atoms with Crippen molar-refractivity contribution in [1.82, 2.24) is 5.32 Å². The average Bonchev–Trinajstić information content (AvgIpc) is 2.00. The van der Waals surface area contributed by atoms with Crippen LogP contribution in [-0.4, -0.2) is 19.3 Å². The largest absolute Gasteiger partial charge is 0.330 e. The molecule has 0 radical (unpaired) electrons. The summed E-state index contributed by atoms with van der Waals surface area (Å²) in [5.41, 5.74) is 11.2. The average molecular weight is 159 g/mol. The summed E-state index contributed by atoms with van der Waals surface area (Å²) in [4.78, 5) is 0. The highest BCUT2D eigenvalue weighted by molar-refractivity contribution is 4.66. The molecule has 0 aromatic rings. The molecule has 2 unspecified atom stereocenters. The second kappa shape index (κ2) is 6.58. The molecule has 3 nitrogen and oxygen atoms in total. The number of rotatable bonds is 6. The fourth-order valence-corrected chi connectivity index (χ4v) is 0.955. The Hall–Kier alpha value is -0.120. The van der Waals surface area contributed by atoms with Gasteiger partial charge in [0.2, 0.25) is 0 Å². The fraction of sp³-hybridized carbons (Fsp3) is 1.00. The van der Waals surface area contributed by atoms with Gasteiger partial charge in [-0.2, -0.15) is 0 Å². The van der Waals surface area contributed by atoms with E-state index < -0.39 is 0 Å². The molecular weight excluding hydrogens is 138 g/mol. The van der Waals surface area contributed by atoms with Crippen LogP contribution in [0, 0.1) is 5.92 Å². The van der Waals surface area contributed by atoms with Crippen LogP contribution in [0.25, 0.3) is 0 Å². The molecule has 0 saturated carbocycles. The fourth-order valence-electron chi connectivity index (χ4n) is 0.955. The first-order valence-electron chi connectivity index (χ1n) is 4.41. The van der Waals surface area contributed by atoms with Gasteiger partial charge in [-0.3, -0.25) is 0 Å². The summed E-state index contributed by atoms with van der Waals surface area (Å²) in [5.74, 6) is 0.478. The van der Waals surface area contributed by atoms with Gasteiger partial charge >= 0.3 is 0 Å². The SMILES string of the molecule is CCCNC(N)C(C)CCN. The van der Waals surface area contributed by atoms with E-state index in [0.717, 1.165) is 25.9 Å². The van der Waals surface area contributed by atoms with E-state index in [-0.39, 0.29) is 6.17 Å². The third kappa shape index (κ3) is 5.18. The van der Waals surface area contributed by atoms with Crippen LogP contribution >= 0.6 is 0 Å². The van der Waals surface area contributed by atoms with E-state index in [1.54, 1.807) is 0 Å². The van der Waals surface area contributed by atoms with E-state index in [4.69, 9.17) is 11.5 Å². The lowest BCUT2D eigenvalue weighted by Gasteiger charge is -2.20. The lowest BCUT2D eigenvalue weighted by Crippen LogP contribution is -2.43. The third-order valence-corrected chi connectivity index (χ3v) is 1.87. The quantitative estimate of drug-likeness (QED) is 0.487. The Balaban J connectivity index is 3.38. The predicted molar refractivity (Wildman–Crippen MR) is 49.1 cm³/mol. The standard InChI is InChI=1S/C8H21N3/c1-3-6-11-8(10)7(2)4-5-9/h7-8,11H,3-6,9-10H2,1-2H3. The maximum atomic E-state index is 5.82. The molecule has 2 atom stereocenters. The first-order chi connectivity index (χ1) is 5.22. The van der Waals surface area contributed by atoms with E-state index in [1.807, 2.05) is 0 Å². The number of nitrogens with one attached hydrogen (secondary N) is 1. The molecule has 0 aliphatic heterocycles. The zero-order valence-electron chi connectivity index (χ0n) is 7.64. The second-order valence-corrected chi connectivity index (χ2v) is 3.03. The molecule has 0 saturated heterocycles. The van der Waals surface area contributed by atoms with Crippen LogP contribution in [0.3, 0.4) is 0 Å². The van der Waals surface area contributed by atoms with Crippen molar-refractivity contribution < 1.29 is 0 Å². The van der Waals surface area contributed by atoms with E-state index in [2.05, 4.69) is 19.2 Å². The Morgan fingerprint density at radius 3 is 2.55 bits per heavy atom. The third-order valence-electron chi connectivity index (χ3n) is 1.87. The van der Waals surface area contributed by atoms with Crippen molar-refractivity contribution in [1.29, 1.82) is 0 Å². The zero-order chi connectivity index (χ0) is 8.69. The highest BCUT2D eigenvalue weighted by atomic mass is 15.0. The summed E-state index contributed by atoms with van der Waals surface area (Å²) in [6, 6.07) is 0. The minimum Gasteiger partial charge on any atom is -0.330 e. The molecule has 0 rings (SSSR count). The molecule has 0 amide bonds. The van der Waals surface area contributed by atoms with Crippen molar-refractivity contribution in [3.05, 3.63) is 0 Å². The van der Waals surface area contributed by atoms with Gasteiger partial charge in [0.05, 0.1) is 6.17 Å². The van der Waals surface area contributed by atoms with E-state index in [0.29, 0.717) is 5.92 Å². The Morgan fingerprint density at radius 2 is 2.09 bits per heavy atom. The van der Waals surface area contributed by atoms with Gasteiger partial charge in [0.1, 0.15) is 0 Å². The molecule has 0 aliphatic carbocycles. The first kappa shape index (κ1) is 10.9. The molecule has 11 heavy (non-hydrogen) atoms. The van der Waals surface area contributed by atoms with Crippen LogP contribution in [-0.2, 0) is 0 Å². The van der Waals surface area contributed by atoms with Gasteiger partial charge in [0.15, 0.2) is 0 Å². The van der Waals surface area contributed by atoms with Crippen molar-refractivity contribution in [2.75, 3.05) is 13.1 Å². The molecule has 0 aliphatic rings. The first-order valence-corrected chi connectivity index (χ1v) is 4.41. The second-order valence-electron chi connectivity index (χ2n) is 3.03. The smallest absolute Gasteiger partial charge is 0.0573 e. The van der Waals surface area contributed by atoms with Crippen LogP contribution in [0.2, 0.25) is 0 Å². The molecule has 0 aromatic carbocycles. The minimum atomic E-state index is 0.110. The van der Waals surface area contributed by atoms with Gasteiger partial charge < -0.3 is 16.8 Å². The van der Waals surface area contributed by atoms with Crippen molar-refractivity contribution in [2.24, 2.45) is 17.4 Å². The van der Waals surface area contributed by atoms with Crippen molar-refractivity contribution in [2.45, 2.75) is 32.9 Å². The Labute approximate surface area is 69.5 Å². The predicted octanol–water partition coefficient (Wildman–Crippen LogP) is 0.256. The van der Waals surface area contributed by atoms with Crippen molar-refractivity contribution in [3.63, 3.8) is 0 Å². The molecule has 0 spiro atoms. The molecule has 0 aromatic heterocycles. The van der Waals surface area contributed by atoms with E-state index in [1.165, 1.54) is 0 Å². The van der Waals surface area contributed by atoms with Gasteiger partial charge in [-0.15, -0.1) is 0 Å². The van der Waals surface area contributed by atoms with Crippen molar-refractivity contribution in [3.8, 4) is 0 Å². The molecule has 68 valence electrons. The lowest BCUT2D eigenvalue weighted by atomic mass is 10.1. The van der Waals surface area contributed by atoms with Crippen LogP contribution in [0.1, 0.15) is 26.7 Å². The molecule has 0 heterocycles. The summed E-state index contributed by atoms with van der Waals surface area (Å²) in [5, 5.41) is 3.24. The van der Waals surface area contributed by atoms with Gasteiger partial charge in [-0.05, 0) is 31.8 Å². The Morgan fingerprint density at radius 1 is 1.45 bits per heavy atom. The summed E-state index contributed by atoms with van der Waals surface area (Å²) in [7, 11) is 0. The van der Waals surface area contributed by atoms with Gasteiger partial charge in [0, 0.05) is 0 Å². The summed E-state index contributed by atoms with van der Waals surface area (Å²) < 4.78 is 0. The maximum absolute atomic E-state index is 5.82. The Bertz CT molecular complexity index is 85.4. The van der Waals surface area contributed by atoms with Crippen LogP contribution in [0.4, 0.5) is 0 Å². The summed E-state index contributed by atoms with van der Waals surface area (Å²) >= 11 is 0.